The number of Topliss-reactive ketones (excluding diaryl/α,β-unsaturated/α-hetero) is 1. The molecule has 11 heteroatoms. The molecule has 10 nitrogen and oxygen atoms in total. The molecule has 3 N–H and O–H groups in total. The third-order valence-electron chi connectivity index (χ3n) is 6.69. The summed E-state index contributed by atoms with van der Waals surface area (Å²) >= 11 is 0. The monoisotopic (exact) mass is 568 g/mol. The van der Waals surface area contributed by atoms with Crippen LogP contribution in [0.3, 0.4) is 0 Å². The fourth-order valence-corrected chi connectivity index (χ4v) is 6.21. The van der Waals surface area contributed by atoms with Crippen LogP contribution in [0.5, 0.6) is 0 Å². The average molecular weight is 569 g/mol. The minimum Gasteiger partial charge on any atom is -0.417 e. The maximum Gasteiger partial charge on any atom is 0.259 e. The van der Waals surface area contributed by atoms with Crippen LogP contribution in [-0.2, 0) is 34.7 Å². The van der Waals surface area contributed by atoms with Crippen molar-refractivity contribution in [1.29, 1.82) is 10.8 Å². The van der Waals surface area contributed by atoms with Gasteiger partial charge in [0.05, 0.1) is 23.5 Å². The van der Waals surface area contributed by atoms with Crippen LogP contribution in [-0.4, -0.2) is 67.6 Å². The SMILES string of the molecule is CCC(NC(=O)C(CC(=O)N1CCCCC1)CS(=O)(=O)Cc1ccccc1)C(=O)C(=N)OC(=N)c1ccccc1. The Hall–Kier alpha value is -3.86. The molecular weight excluding hydrogens is 532 g/mol. The van der Waals surface area contributed by atoms with Crippen LogP contribution in [0, 0.1) is 16.7 Å². The first-order valence-electron chi connectivity index (χ1n) is 13.4. The summed E-state index contributed by atoms with van der Waals surface area (Å²) in [6.07, 6.45) is 2.49. The summed E-state index contributed by atoms with van der Waals surface area (Å²) in [6.45, 7) is 2.74. The largest absolute Gasteiger partial charge is 0.417 e. The summed E-state index contributed by atoms with van der Waals surface area (Å²) in [5.41, 5.74) is 0.939. The number of nitrogens with zero attached hydrogens (tertiary/aromatic N) is 1. The van der Waals surface area contributed by atoms with Gasteiger partial charge in [-0.1, -0.05) is 55.5 Å². The number of hydrogen-bond acceptors (Lipinski definition) is 8. The second-order valence-electron chi connectivity index (χ2n) is 9.84. The third-order valence-corrected chi connectivity index (χ3v) is 8.37. The first-order chi connectivity index (χ1) is 19.1. The Morgan fingerprint density at radius 2 is 1.55 bits per heavy atom. The van der Waals surface area contributed by atoms with Crippen molar-refractivity contribution in [1.82, 2.24) is 10.2 Å². The molecule has 0 saturated carbocycles. The van der Waals surface area contributed by atoms with Gasteiger partial charge in [-0.3, -0.25) is 25.2 Å². The molecule has 0 spiro atoms. The molecule has 3 rings (SSSR count). The highest BCUT2D eigenvalue weighted by molar-refractivity contribution is 7.90. The number of likely N-dealkylation sites (tertiary alicyclic amines) is 1. The quantitative estimate of drug-likeness (QED) is 0.264. The summed E-state index contributed by atoms with van der Waals surface area (Å²) in [5.74, 6) is -5.20. The molecule has 1 fully saturated rings. The van der Waals surface area contributed by atoms with Gasteiger partial charge < -0.3 is 15.0 Å². The van der Waals surface area contributed by atoms with Crippen molar-refractivity contribution in [2.45, 2.75) is 50.8 Å². The Bertz CT molecular complexity index is 1310. The van der Waals surface area contributed by atoms with Gasteiger partial charge in [0, 0.05) is 25.1 Å². The maximum absolute atomic E-state index is 13.4. The lowest BCUT2D eigenvalue weighted by Gasteiger charge is -2.28. The zero-order valence-electron chi connectivity index (χ0n) is 22.6. The predicted molar refractivity (Wildman–Crippen MR) is 152 cm³/mol. The molecule has 1 aliphatic rings. The highest BCUT2D eigenvalue weighted by Gasteiger charge is 2.33. The third kappa shape index (κ3) is 9.11. The lowest BCUT2D eigenvalue weighted by molar-refractivity contribution is -0.137. The first-order valence-corrected chi connectivity index (χ1v) is 15.2. The Kier molecular flexibility index (Phi) is 11.1. The van der Waals surface area contributed by atoms with Gasteiger partial charge in [0.15, 0.2) is 9.84 Å². The second-order valence-corrected chi connectivity index (χ2v) is 12.0. The first kappa shape index (κ1) is 30.7. The summed E-state index contributed by atoms with van der Waals surface area (Å²) in [7, 11) is -3.79. The number of ketones is 1. The van der Waals surface area contributed by atoms with E-state index in [0.717, 1.165) is 19.3 Å². The molecule has 0 radical (unpaired) electrons. The topological polar surface area (TPSA) is 158 Å². The lowest BCUT2D eigenvalue weighted by atomic mass is 10.0. The number of sulfone groups is 1. The van der Waals surface area contributed by atoms with E-state index in [1.54, 1.807) is 72.5 Å². The molecule has 0 bridgehead atoms. The van der Waals surface area contributed by atoms with Gasteiger partial charge in [0.25, 0.3) is 5.90 Å². The van der Waals surface area contributed by atoms with Gasteiger partial charge in [0.1, 0.15) is 0 Å². The number of amides is 2. The van der Waals surface area contributed by atoms with E-state index in [9.17, 15) is 22.8 Å². The van der Waals surface area contributed by atoms with Crippen molar-refractivity contribution >= 4 is 39.2 Å². The van der Waals surface area contributed by atoms with Gasteiger partial charge >= 0.3 is 0 Å². The molecule has 40 heavy (non-hydrogen) atoms. The number of rotatable bonds is 12. The number of carbonyl (C=O) groups excluding carboxylic acids is 3. The summed E-state index contributed by atoms with van der Waals surface area (Å²) < 4.78 is 31.3. The summed E-state index contributed by atoms with van der Waals surface area (Å²) in [4.78, 5) is 41.0. The van der Waals surface area contributed by atoms with Crippen LogP contribution in [0.2, 0.25) is 0 Å². The molecule has 2 amide bonds. The average Bonchev–Trinajstić information content (AvgIpc) is 2.96. The molecule has 2 atom stereocenters. The van der Waals surface area contributed by atoms with Crippen molar-refractivity contribution in [3.63, 3.8) is 0 Å². The smallest absolute Gasteiger partial charge is 0.259 e. The molecule has 1 aliphatic heterocycles. The minimum absolute atomic E-state index is 0.0958. The maximum atomic E-state index is 13.4. The molecule has 2 aromatic rings. The van der Waals surface area contributed by atoms with Crippen LogP contribution in [0.25, 0.3) is 0 Å². The second kappa shape index (κ2) is 14.5. The molecule has 0 aromatic heterocycles. The zero-order chi connectivity index (χ0) is 29.1. The van der Waals surface area contributed by atoms with E-state index in [2.05, 4.69) is 5.32 Å². The highest BCUT2D eigenvalue weighted by atomic mass is 32.2. The van der Waals surface area contributed by atoms with Crippen molar-refractivity contribution in [3.05, 3.63) is 71.8 Å². The van der Waals surface area contributed by atoms with Gasteiger partial charge in [-0.2, -0.15) is 0 Å². The summed E-state index contributed by atoms with van der Waals surface area (Å²) in [5, 5.41) is 18.6. The number of piperidine rings is 1. The fourth-order valence-electron chi connectivity index (χ4n) is 4.51. The van der Waals surface area contributed by atoms with Crippen LogP contribution in [0.15, 0.2) is 60.7 Å². The van der Waals surface area contributed by atoms with E-state index >= 15 is 0 Å². The van der Waals surface area contributed by atoms with E-state index in [-0.39, 0.29) is 24.5 Å². The van der Waals surface area contributed by atoms with Gasteiger partial charge in [-0.25, -0.2) is 8.42 Å². The zero-order valence-corrected chi connectivity index (χ0v) is 23.4. The van der Waals surface area contributed by atoms with Gasteiger partial charge in [-0.05, 0) is 43.4 Å². The van der Waals surface area contributed by atoms with E-state index in [0.29, 0.717) is 24.2 Å². The van der Waals surface area contributed by atoms with Crippen LogP contribution < -0.4 is 5.32 Å². The fraction of sp³-hybridized carbons (Fsp3) is 0.414. The minimum atomic E-state index is -3.79. The molecule has 2 aromatic carbocycles. The Labute approximate surface area is 235 Å². The molecule has 0 aliphatic carbocycles. The number of hydrogen-bond donors (Lipinski definition) is 3. The van der Waals surface area contributed by atoms with Gasteiger partial charge in [-0.15, -0.1) is 0 Å². The number of ether oxygens (including phenoxy) is 1. The normalized spacial score (nSPS) is 15.0. The number of nitrogens with one attached hydrogen (secondary N) is 3. The van der Waals surface area contributed by atoms with Crippen molar-refractivity contribution < 1.29 is 27.5 Å². The van der Waals surface area contributed by atoms with Crippen LogP contribution in [0.1, 0.15) is 50.2 Å². The summed E-state index contributed by atoms with van der Waals surface area (Å²) in [6, 6.07) is 15.7. The van der Waals surface area contributed by atoms with Crippen LogP contribution >= 0.6 is 0 Å². The molecule has 2 unspecified atom stereocenters. The number of benzene rings is 2. The molecule has 1 heterocycles. The van der Waals surface area contributed by atoms with E-state index in [1.165, 1.54) is 0 Å². The number of carbonyl (C=O) groups is 3. The van der Waals surface area contributed by atoms with Gasteiger partial charge in [0.2, 0.25) is 23.5 Å². The van der Waals surface area contributed by atoms with Crippen molar-refractivity contribution in [2.75, 3.05) is 18.8 Å². The standard InChI is InChI=1S/C29H36N4O6S/c1-2-24(26(35)28(31)39-27(30)22-14-8-4-9-15-22)32-29(36)23(18-25(34)33-16-10-5-11-17-33)20-40(37,38)19-21-12-6-3-7-13-21/h3-4,6-9,12-15,23-24,30-31H,2,5,10-11,16-20H2,1H3,(H,32,36). The molecular formula is C29H36N4O6S. The lowest BCUT2D eigenvalue weighted by Crippen LogP contribution is -2.48. The Morgan fingerprint density at radius 3 is 2.15 bits per heavy atom. The Morgan fingerprint density at radius 1 is 0.950 bits per heavy atom. The Balaban J connectivity index is 1.72. The van der Waals surface area contributed by atoms with E-state index < -0.39 is 51.0 Å². The predicted octanol–water partition coefficient (Wildman–Crippen LogP) is 3.10. The van der Waals surface area contributed by atoms with E-state index in [4.69, 9.17) is 15.6 Å². The van der Waals surface area contributed by atoms with Crippen molar-refractivity contribution in [3.8, 4) is 0 Å². The van der Waals surface area contributed by atoms with Crippen LogP contribution in [0.4, 0.5) is 0 Å². The molecule has 1 saturated heterocycles. The van der Waals surface area contributed by atoms with E-state index in [1.807, 2.05) is 0 Å². The molecule has 214 valence electrons. The van der Waals surface area contributed by atoms with Crippen molar-refractivity contribution in [2.24, 2.45) is 5.92 Å². The highest BCUT2D eigenvalue weighted by Crippen LogP contribution is 2.18.